The zero-order chi connectivity index (χ0) is 10.7. The maximum absolute atomic E-state index is 10.7. The van der Waals surface area contributed by atoms with E-state index in [0.29, 0.717) is 10.8 Å². The van der Waals surface area contributed by atoms with E-state index in [1.165, 1.54) is 18.4 Å². The van der Waals surface area contributed by atoms with Gasteiger partial charge < -0.3 is 4.74 Å². The molecule has 0 aliphatic carbocycles. The van der Waals surface area contributed by atoms with Gasteiger partial charge >= 0.3 is 0 Å². The molecule has 0 spiro atoms. The first-order chi connectivity index (χ1) is 7.35. The fourth-order valence-electron chi connectivity index (χ4n) is 1.15. The van der Waals surface area contributed by atoms with Crippen molar-refractivity contribution in [3.63, 3.8) is 0 Å². The molecule has 2 aromatic heterocycles. The lowest BCUT2D eigenvalue weighted by Crippen LogP contribution is -1.86. The van der Waals surface area contributed by atoms with E-state index in [1.807, 2.05) is 12.1 Å². The van der Waals surface area contributed by atoms with Crippen molar-refractivity contribution in [3.8, 4) is 16.5 Å². The topological polar surface area (TPSA) is 52.1 Å². The maximum Gasteiger partial charge on any atom is 0.235 e. The highest BCUT2D eigenvalue weighted by atomic mass is 32.1. The zero-order valence-electron chi connectivity index (χ0n) is 8.01. The number of hydrogen-bond donors (Lipinski definition) is 0. The highest BCUT2D eigenvalue weighted by molar-refractivity contribution is 7.16. The quantitative estimate of drug-likeness (QED) is 0.742. The van der Waals surface area contributed by atoms with E-state index in [9.17, 15) is 4.79 Å². The van der Waals surface area contributed by atoms with Gasteiger partial charge in [-0.3, -0.25) is 9.78 Å². The predicted octanol–water partition coefficient (Wildman–Crippen LogP) is 2.03. The monoisotopic (exact) mass is 220 g/mol. The van der Waals surface area contributed by atoms with Gasteiger partial charge in [0.25, 0.3) is 0 Å². The molecule has 0 fully saturated rings. The van der Waals surface area contributed by atoms with Crippen LogP contribution in [-0.2, 0) is 0 Å². The molecule has 0 unspecified atom stereocenters. The lowest BCUT2D eigenvalue weighted by molar-refractivity contribution is 0.112. The van der Waals surface area contributed by atoms with Gasteiger partial charge in [0.2, 0.25) is 5.88 Å². The van der Waals surface area contributed by atoms with E-state index in [0.717, 1.165) is 16.9 Å². The molecule has 0 atom stereocenters. The molecular weight excluding hydrogens is 212 g/mol. The van der Waals surface area contributed by atoms with E-state index < -0.39 is 0 Å². The number of ether oxygens (including phenoxy) is 1. The van der Waals surface area contributed by atoms with Gasteiger partial charge in [-0.15, -0.1) is 11.3 Å². The first-order valence-electron chi connectivity index (χ1n) is 4.25. The number of pyridine rings is 1. The summed E-state index contributed by atoms with van der Waals surface area (Å²) in [5.74, 6) is 0.369. The molecule has 0 aliphatic rings. The van der Waals surface area contributed by atoms with Crippen molar-refractivity contribution >= 4 is 17.6 Å². The Morgan fingerprint density at radius 1 is 1.53 bits per heavy atom. The largest absolute Gasteiger partial charge is 0.480 e. The van der Waals surface area contributed by atoms with Crippen LogP contribution < -0.4 is 4.74 Å². The van der Waals surface area contributed by atoms with Gasteiger partial charge in [0.1, 0.15) is 9.88 Å². The van der Waals surface area contributed by atoms with Crippen LogP contribution in [0, 0.1) is 0 Å². The summed E-state index contributed by atoms with van der Waals surface area (Å²) in [5, 5.41) is 0.738. The number of hydrogen-bond acceptors (Lipinski definition) is 5. The average molecular weight is 220 g/mol. The van der Waals surface area contributed by atoms with Gasteiger partial charge in [-0.2, -0.15) is 0 Å². The van der Waals surface area contributed by atoms with Crippen molar-refractivity contribution in [1.29, 1.82) is 0 Å². The highest BCUT2D eigenvalue weighted by Gasteiger charge is 2.11. The first kappa shape index (κ1) is 9.79. The number of methoxy groups -OCH3 is 1. The van der Waals surface area contributed by atoms with Crippen LogP contribution in [0.1, 0.15) is 9.67 Å². The number of rotatable bonds is 3. The van der Waals surface area contributed by atoms with Crippen molar-refractivity contribution in [2.24, 2.45) is 0 Å². The number of thiazole rings is 1. The molecule has 2 heterocycles. The van der Waals surface area contributed by atoms with Crippen LogP contribution in [0.3, 0.4) is 0 Å². The standard InChI is InChI=1S/C10H8N2O2S/c1-14-9-8(6-13)15-10(12-9)7-3-2-4-11-5-7/h2-6H,1H3. The summed E-state index contributed by atoms with van der Waals surface area (Å²) in [6.45, 7) is 0. The number of nitrogens with zero attached hydrogens (tertiary/aromatic N) is 2. The third-order valence-corrected chi connectivity index (χ3v) is 2.84. The van der Waals surface area contributed by atoms with E-state index in [4.69, 9.17) is 4.74 Å². The van der Waals surface area contributed by atoms with Crippen LogP contribution in [0.25, 0.3) is 10.6 Å². The summed E-state index contributed by atoms with van der Waals surface area (Å²) in [6.07, 6.45) is 4.14. The fourth-order valence-corrected chi connectivity index (χ4v) is 1.99. The Hall–Kier alpha value is -1.75. The Morgan fingerprint density at radius 3 is 2.93 bits per heavy atom. The first-order valence-corrected chi connectivity index (χ1v) is 5.07. The van der Waals surface area contributed by atoms with E-state index in [2.05, 4.69) is 9.97 Å². The minimum Gasteiger partial charge on any atom is -0.480 e. The molecule has 0 N–H and O–H groups in total. The number of aromatic nitrogens is 2. The number of aldehydes is 1. The molecule has 0 aliphatic heterocycles. The summed E-state index contributed by atoms with van der Waals surface area (Å²) in [4.78, 5) is 19.4. The number of carbonyl (C=O) groups is 1. The van der Waals surface area contributed by atoms with Gasteiger partial charge in [0, 0.05) is 18.0 Å². The fraction of sp³-hybridized carbons (Fsp3) is 0.100. The van der Waals surface area contributed by atoms with Crippen molar-refractivity contribution < 1.29 is 9.53 Å². The molecule has 5 heteroatoms. The molecule has 0 aromatic carbocycles. The van der Waals surface area contributed by atoms with E-state index >= 15 is 0 Å². The summed E-state index contributed by atoms with van der Waals surface area (Å²) in [7, 11) is 1.50. The Labute approximate surface area is 90.6 Å². The molecule has 0 radical (unpaired) electrons. The van der Waals surface area contributed by atoms with Gasteiger partial charge in [0.15, 0.2) is 6.29 Å². The second-order valence-electron chi connectivity index (χ2n) is 2.75. The van der Waals surface area contributed by atoms with Gasteiger partial charge in [-0.25, -0.2) is 4.98 Å². The van der Waals surface area contributed by atoms with Crippen molar-refractivity contribution in [2.45, 2.75) is 0 Å². The van der Waals surface area contributed by atoms with E-state index in [1.54, 1.807) is 12.4 Å². The van der Waals surface area contributed by atoms with Crippen molar-refractivity contribution in [3.05, 3.63) is 29.4 Å². The molecule has 4 nitrogen and oxygen atoms in total. The molecule has 15 heavy (non-hydrogen) atoms. The van der Waals surface area contributed by atoms with Crippen LogP contribution in [-0.4, -0.2) is 23.4 Å². The van der Waals surface area contributed by atoms with Crippen LogP contribution in [0.4, 0.5) is 0 Å². The van der Waals surface area contributed by atoms with Gasteiger partial charge in [0.05, 0.1) is 7.11 Å². The normalized spacial score (nSPS) is 9.93. The molecule has 2 aromatic rings. The van der Waals surface area contributed by atoms with Gasteiger partial charge in [-0.05, 0) is 12.1 Å². The van der Waals surface area contributed by atoms with Gasteiger partial charge in [-0.1, -0.05) is 0 Å². The predicted molar refractivity (Wildman–Crippen MR) is 57.3 cm³/mol. The summed E-state index contributed by atoms with van der Waals surface area (Å²) < 4.78 is 4.99. The molecule has 2 rings (SSSR count). The second-order valence-corrected chi connectivity index (χ2v) is 3.78. The third-order valence-electron chi connectivity index (χ3n) is 1.83. The van der Waals surface area contributed by atoms with Crippen molar-refractivity contribution in [1.82, 2.24) is 9.97 Å². The maximum atomic E-state index is 10.7. The highest BCUT2D eigenvalue weighted by Crippen LogP contribution is 2.30. The van der Waals surface area contributed by atoms with Crippen molar-refractivity contribution in [2.75, 3.05) is 7.11 Å². The minimum absolute atomic E-state index is 0.369. The van der Waals surface area contributed by atoms with E-state index in [-0.39, 0.29) is 0 Å². The lowest BCUT2D eigenvalue weighted by Gasteiger charge is -1.93. The summed E-state index contributed by atoms with van der Waals surface area (Å²) >= 11 is 1.29. The Kier molecular flexibility index (Phi) is 2.73. The molecule has 0 saturated heterocycles. The van der Waals surface area contributed by atoms with Crippen LogP contribution in [0.5, 0.6) is 5.88 Å². The molecule has 76 valence electrons. The molecular formula is C10H8N2O2S. The average Bonchev–Trinajstić information content (AvgIpc) is 2.73. The minimum atomic E-state index is 0.369. The smallest absolute Gasteiger partial charge is 0.235 e. The molecule has 0 saturated carbocycles. The lowest BCUT2D eigenvalue weighted by atomic mass is 10.3. The molecule has 0 amide bonds. The SMILES string of the molecule is COc1nc(-c2cccnc2)sc1C=O. The summed E-state index contributed by atoms with van der Waals surface area (Å²) in [6, 6.07) is 3.71. The number of carbonyl (C=O) groups excluding carboxylic acids is 1. The van der Waals surface area contributed by atoms with Crippen LogP contribution in [0.2, 0.25) is 0 Å². The van der Waals surface area contributed by atoms with Crippen LogP contribution in [0.15, 0.2) is 24.5 Å². The Bertz CT molecular complexity index is 468. The zero-order valence-corrected chi connectivity index (χ0v) is 8.82. The van der Waals surface area contributed by atoms with Crippen LogP contribution >= 0.6 is 11.3 Å². The Morgan fingerprint density at radius 2 is 2.40 bits per heavy atom. The second kappa shape index (κ2) is 4.18. The third kappa shape index (κ3) is 1.87. The Balaban J connectivity index is 2.46. The molecule has 0 bridgehead atoms. The summed E-state index contributed by atoms with van der Waals surface area (Å²) in [5.41, 5.74) is 0.883.